The van der Waals surface area contributed by atoms with Crippen LogP contribution in [0.2, 0.25) is 0 Å². The van der Waals surface area contributed by atoms with E-state index in [0.717, 1.165) is 28.2 Å². The van der Waals surface area contributed by atoms with Gasteiger partial charge in [-0.25, -0.2) is 0 Å². The Hall–Kier alpha value is -5.08. The molecule has 7 aromatic rings. The van der Waals surface area contributed by atoms with Gasteiger partial charge in [-0.05, 0) is 88.0 Å². The van der Waals surface area contributed by atoms with E-state index in [9.17, 15) is 0 Å². The lowest BCUT2D eigenvalue weighted by atomic mass is 9.80. The van der Waals surface area contributed by atoms with E-state index < -0.39 is 0 Å². The second kappa shape index (κ2) is 8.97. The van der Waals surface area contributed by atoms with Crippen molar-refractivity contribution >= 4 is 39.0 Å². The van der Waals surface area contributed by atoms with Crippen LogP contribution >= 0.6 is 0 Å². The fraction of sp³-hybridized carbons (Fsp3) is 0.0769. The van der Waals surface area contributed by atoms with E-state index in [1.54, 1.807) is 0 Å². The minimum absolute atomic E-state index is 0.0990. The van der Waals surface area contributed by atoms with Crippen molar-refractivity contribution in [2.45, 2.75) is 19.3 Å². The molecule has 1 heterocycles. The Labute approximate surface area is 240 Å². The Morgan fingerprint density at radius 2 is 1.10 bits per heavy atom. The third-order valence-electron chi connectivity index (χ3n) is 8.64. The fourth-order valence-corrected chi connectivity index (χ4v) is 6.72. The molecule has 41 heavy (non-hydrogen) atoms. The molecule has 0 N–H and O–H groups in total. The van der Waals surface area contributed by atoms with Crippen molar-refractivity contribution in [1.29, 1.82) is 0 Å². The van der Waals surface area contributed by atoms with Crippen molar-refractivity contribution in [3.63, 3.8) is 0 Å². The lowest BCUT2D eigenvalue weighted by molar-refractivity contribution is 0.657. The van der Waals surface area contributed by atoms with E-state index in [-0.39, 0.29) is 5.41 Å². The van der Waals surface area contributed by atoms with E-state index in [0.29, 0.717) is 0 Å². The van der Waals surface area contributed by atoms with Crippen LogP contribution < -0.4 is 4.90 Å². The van der Waals surface area contributed by atoms with E-state index >= 15 is 0 Å². The number of fused-ring (bicyclic) bond motifs is 7. The average molecular weight is 528 g/mol. The minimum atomic E-state index is -0.0990. The summed E-state index contributed by atoms with van der Waals surface area (Å²) in [6, 6.07) is 49.7. The molecule has 2 heteroatoms. The van der Waals surface area contributed by atoms with E-state index in [4.69, 9.17) is 4.42 Å². The first-order valence-electron chi connectivity index (χ1n) is 14.2. The second-order valence-electron chi connectivity index (χ2n) is 11.4. The highest BCUT2D eigenvalue weighted by atomic mass is 16.3. The maximum absolute atomic E-state index is 6.40. The summed E-state index contributed by atoms with van der Waals surface area (Å²) in [5.74, 6) is 0. The van der Waals surface area contributed by atoms with Crippen molar-refractivity contribution in [2.24, 2.45) is 0 Å². The summed E-state index contributed by atoms with van der Waals surface area (Å²) in [6.07, 6.45) is 0. The molecule has 0 spiro atoms. The van der Waals surface area contributed by atoms with Crippen LogP contribution in [-0.2, 0) is 5.41 Å². The Morgan fingerprint density at radius 1 is 0.512 bits per heavy atom. The third kappa shape index (κ3) is 3.64. The molecule has 0 saturated heterocycles. The molecular formula is C39H29NO. The quantitative estimate of drug-likeness (QED) is 0.226. The molecule has 2 nitrogen and oxygen atoms in total. The van der Waals surface area contributed by atoms with Crippen molar-refractivity contribution in [2.75, 3.05) is 4.90 Å². The number of para-hydroxylation sites is 2. The Balaban J connectivity index is 1.25. The third-order valence-corrected chi connectivity index (χ3v) is 8.64. The summed E-state index contributed by atoms with van der Waals surface area (Å²) < 4.78 is 6.40. The predicted molar refractivity (Wildman–Crippen MR) is 171 cm³/mol. The molecule has 1 aliphatic rings. The lowest BCUT2D eigenvalue weighted by Crippen LogP contribution is -2.15. The molecule has 0 radical (unpaired) electrons. The zero-order valence-corrected chi connectivity index (χ0v) is 23.1. The first-order chi connectivity index (χ1) is 20.1. The Morgan fingerprint density at radius 3 is 1.80 bits per heavy atom. The molecule has 8 rings (SSSR count). The lowest BCUT2D eigenvalue weighted by Gasteiger charge is -2.25. The molecule has 6 aromatic carbocycles. The zero-order valence-electron chi connectivity index (χ0n) is 23.1. The minimum Gasteiger partial charge on any atom is -0.456 e. The van der Waals surface area contributed by atoms with Gasteiger partial charge in [0.15, 0.2) is 0 Å². The van der Waals surface area contributed by atoms with Crippen LogP contribution in [0.3, 0.4) is 0 Å². The van der Waals surface area contributed by atoms with E-state index in [1.165, 1.54) is 44.2 Å². The van der Waals surface area contributed by atoms with Crippen molar-refractivity contribution in [1.82, 2.24) is 0 Å². The van der Waals surface area contributed by atoms with Crippen LogP contribution in [0.5, 0.6) is 0 Å². The van der Waals surface area contributed by atoms with E-state index in [2.05, 4.69) is 158 Å². The summed E-state index contributed by atoms with van der Waals surface area (Å²) in [4.78, 5) is 2.29. The fourth-order valence-electron chi connectivity index (χ4n) is 6.72. The van der Waals surface area contributed by atoms with Crippen LogP contribution in [0.25, 0.3) is 44.2 Å². The number of anilines is 3. The van der Waals surface area contributed by atoms with Gasteiger partial charge >= 0.3 is 0 Å². The molecular weight excluding hydrogens is 498 g/mol. The number of hydrogen-bond acceptors (Lipinski definition) is 2. The van der Waals surface area contributed by atoms with E-state index in [1.807, 2.05) is 0 Å². The molecule has 0 aliphatic heterocycles. The first kappa shape index (κ1) is 23.8. The maximum Gasteiger partial charge on any atom is 0.135 e. The van der Waals surface area contributed by atoms with Gasteiger partial charge in [0.2, 0.25) is 0 Å². The van der Waals surface area contributed by atoms with Crippen LogP contribution in [-0.4, -0.2) is 0 Å². The van der Waals surface area contributed by atoms with Crippen LogP contribution in [0, 0.1) is 0 Å². The van der Waals surface area contributed by atoms with Crippen molar-refractivity contribution in [3.05, 3.63) is 151 Å². The number of nitrogens with zero attached hydrogens (tertiary/aromatic N) is 1. The summed E-state index contributed by atoms with van der Waals surface area (Å²) >= 11 is 0. The topological polar surface area (TPSA) is 16.4 Å². The van der Waals surface area contributed by atoms with Gasteiger partial charge in [0.1, 0.15) is 11.2 Å². The standard InChI is InChI=1S/C39H29NO/c1-39(2)34-16-10-9-15-31(34)32-22-24-36-37(38(32)39)33-25-27(19-23-35(33)41-36)26-17-20-30(21-18-26)40(28-11-5-3-6-12-28)29-13-7-4-8-14-29/h3-25H,1-2H3. The Kier molecular flexibility index (Phi) is 5.20. The number of furan rings is 1. The van der Waals surface area contributed by atoms with Gasteiger partial charge in [-0.15, -0.1) is 0 Å². The highest BCUT2D eigenvalue weighted by molar-refractivity contribution is 6.12. The molecule has 0 atom stereocenters. The first-order valence-corrected chi connectivity index (χ1v) is 14.2. The number of rotatable bonds is 4. The summed E-state index contributed by atoms with van der Waals surface area (Å²) in [5, 5.41) is 2.41. The number of benzene rings is 6. The average Bonchev–Trinajstić information content (AvgIpc) is 3.50. The molecule has 0 fully saturated rings. The Bertz CT molecular complexity index is 2010. The number of hydrogen-bond donors (Lipinski definition) is 0. The van der Waals surface area contributed by atoms with Gasteiger partial charge in [-0.1, -0.05) is 98.8 Å². The van der Waals surface area contributed by atoms with Crippen molar-refractivity contribution < 1.29 is 4.42 Å². The largest absolute Gasteiger partial charge is 0.456 e. The van der Waals surface area contributed by atoms with Gasteiger partial charge in [0, 0.05) is 33.2 Å². The molecule has 1 aromatic heterocycles. The van der Waals surface area contributed by atoms with Crippen LogP contribution in [0.1, 0.15) is 25.0 Å². The van der Waals surface area contributed by atoms with Crippen molar-refractivity contribution in [3.8, 4) is 22.3 Å². The van der Waals surface area contributed by atoms with Gasteiger partial charge in [0.25, 0.3) is 0 Å². The van der Waals surface area contributed by atoms with Gasteiger partial charge < -0.3 is 9.32 Å². The zero-order chi connectivity index (χ0) is 27.6. The molecule has 196 valence electrons. The summed E-state index contributed by atoms with van der Waals surface area (Å²) in [7, 11) is 0. The smallest absolute Gasteiger partial charge is 0.135 e. The molecule has 0 saturated carbocycles. The van der Waals surface area contributed by atoms with Crippen LogP contribution in [0.15, 0.2) is 144 Å². The summed E-state index contributed by atoms with van der Waals surface area (Å²) in [6.45, 7) is 4.67. The maximum atomic E-state index is 6.40. The monoisotopic (exact) mass is 527 g/mol. The SMILES string of the molecule is CC1(C)c2ccccc2-c2ccc3oc4ccc(-c5ccc(N(c6ccccc6)c6ccccc6)cc5)cc4c3c21. The molecule has 0 bridgehead atoms. The summed E-state index contributed by atoms with van der Waals surface area (Å²) in [5.41, 5.74) is 12.9. The predicted octanol–water partition coefficient (Wildman–Crippen LogP) is 11.0. The second-order valence-corrected chi connectivity index (χ2v) is 11.4. The highest BCUT2D eigenvalue weighted by Gasteiger charge is 2.37. The van der Waals surface area contributed by atoms with Gasteiger partial charge in [0.05, 0.1) is 0 Å². The van der Waals surface area contributed by atoms with Gasteiger partial charge in [-0.2, -0.15) is 0 Å². The normalized spacial score (nSPS) is 13.3. The van der Waals surface area contributed by atoms with Crippen LogP contribution in [0.4, 0.5) is 17.1 Å². The highest BCUT2D eigenvalue weighted by Crippen LogP contribution is 2.53. The molecule has 0 amide bonds. The van der Waals surface area contributed by atoms with Gasteiger partial charge in [-0.3, -0.25) is 0 Å². The molecule has 1 aliphatic carbocycles. The molecule has 0 unspecified atom stereocenters.